The van der Waals surface area contributed by atoms with E-state index < -0.39 is 0 Å². The van der Waals surface area contributed by atoms with Gasteiger partial charge in [-0.05, 0) is 12.1 Å². The number of aromatic amines is 1. The molecule has 0 unspecified atom stereocenters. The van der Waals surface area contributed by atoms with Crippen molar-refractivity contribution in [3.63, 3.8) is 0 Å². The van der Waals surface area contributed by atoms with E-state index in [1.807, 2.05) is 6.07 Å². The number of pyridine rings is 2. The smallest absolute Gasteiger partial charge is 0.140 e. The number of nitrogens with zero attached hydrogens (tertiary/aromatic N) is 3. The van der Waals surface area contributed by atoms with Crippen LogP contribution < -0.4 is 0 Å². The molecule has 78 valence electrons. The lowest BCUT2D eigenvalue weighted by Crippen LogP contribution is -1.81. The normalized spacial score (nSPS) is 10.8. The van der Waals surface area contributed by atoms with Crippen LogP contribution in [0, 0.1) is 0 Å². The number of nitrogens with one attached hydrogen (secondary N) is 1. The first kappa shape index (κ1) is 8.84. The van der Waals surface area contributed by atoms with Gasteiger partial charge in [0, 0.05) is 18.0 Å². The Morgan fingerprint density at radius 3 is 2.88 bits per heavy atom. The third-order valence-electron chi connectivity index (χ3n) is 2.28. The Bertz CT molecular complexity index is 614. The molecule has 0 fully saturated rings. The number of hydrogen-bond donors (Lipinski definition) is 2. The highest BCUT2D eigenvalue weighted by atomic mass is 16.3. The molecule has 3 aromatic rings. The molecule has 5 heteroatoms. The van der Waals surface area contributed by atoms with Crippen LogP contribution in [-0.4, -0.2) is 25.0 Å². The minimum atomic E-state index is 0.121. The molecule has 0 bridgehead atoms. The minimum absolute atomic E-state index is 0.121. The SMILES string of the molecule is Oc1cncc(-c2nc3ccncc3[nH]2)c1. The van der Waals surface area contributed by atoms with E-state index in [0.717, 1.165) is 16.6 Å². The van der Waals surface area contributed by atoms with Gasteiger partial charge in [0.25, 0.3) is 0 Å². The summed E-state index contributed by atoms with van der Waals surface area (Å²) in [4.78, 5) is 15.4. The van der Waals surface area contributed by atoms with Gasteiger partial charge in [0.15, 0.2) is 0 Å². The molecule has 0 atom stereocenters. The van der Waals surface area contributed by atoms with Crippen LogP contribution in [0.25, 0.3) is 22.4 Å². The molecule has 0 aliphatic carbocycles. The maximum atomic E-state index is 9.33. The van der Waals surface area contributed by atoms with Crippen molar-refractivity contribution in [3.05, 3.63) is 36.9 Å². The molecule has 3 heterocycles. The summed E-state index contributed by atoms with van der Waals surface area (Å²) in [6.45, 7) is 0. The summed E-state index contributed by atoms with van der Waals surface area (Å²) < 4.78 is 0. The van der Waals surface area contributed by atoms with Crippen molar-refractivity contribution in [1.82, 2.24) is 19.9 Å². The van der Waals surface area contributed by atoms with Gasteiger partial charge < -0.3 is 10.1 Å². The standard InChI is InChI=1S/C11H8N4O/c16-8-3-7(4-13-5-8)11-14-9-1-2-12-6-10(9)15-11/h1-6,16H,(H,14,15). The van der Waals surface area contributed by atoms with Crippen LogP contribution in [0.1, 0.15) is 0 Å². The van der Waals surface area contributed by atoms with Gasteiger partial charge in [-0.1, -0.05) is 0 Å². The van der Waals surface area contributed by atoms with Gasteiger partial charge in [0.05, 0.1) is 23.4 Å². The molecular formula is C11H8N4O. The number of aromatic hydroxyl groups is 1. The topological polar surface area (TPSA) is 74.7 Å². The Hall–Kier alpha value is -2.43. The van der Waals surface area contributed by atoms with Crippen LogP contribution in [0.4, 0.5) is 0 Å². The van der Waals surface area contributed by atoms with Crippen molar-refractivity contribution < 1.29 is 5.11 Å². The van der Waals surface area contributed by atoms with Crippen molar-refractivity contribution >= 4 is 11.0 Å². The number of hydrogen-bond acceptors (Lipinski definition) is 4. The molecule has 0 aromatic carbocycles. The van der Waals surface area contributed by atoms with Crippen LogP contribution >= 0.6 is 0 Å². The minimum Gasteiger partial charge on any atom is -0.506 e. The van der Waals surface area contributed by atoms with E-state index in [9.17, 15) is 5.11 Å². The summed E-state index contributed by atoms with van der Waals surface area (Å²) >= 11 is 0. The van der Waals surface area contributed by atoms with Crippen molar-refractivity contribution in [2.75, 3.05) is 0 Å². The maximum Gasteiger partial charge on any atom is 0.140 e. The van der Waals surface area contributed by atoms with Gasteiger partial charge in [-0.2, -0.15) is 0 Å². The number of imidazole rings is 1. The van der Waals surface area contributed by atoms with E-state index in [1.54, 1.807) is 24.7 Å². The predicted molar refractivity (Wildman–Crippen MR) is 58.8 cm³/mol. The first-order valence-electron chi connectivity index (χ1n) is 4.77. The zero-order chi connectivity index (χ0) is 11.0. The van der Waals surface area contributed by atoms with E-state index in [-0.39, 0.29) is 5.75 Å². The van der Waals surface area contributed by atoms with Crippen LogP contribution in [0.5, 0.6) is 5.75 Å². The van der Waals surface area contributed by atoms with E-state index in [2.05, 4.69) is 19.9 Å². The third-order valence-corrected chi connectivity index (χ3v) is 2.28. The fourth-order valence-corrected chi connectivity index (χ4v) is 1.55. The van der Waals surface area contributed by atoms with E-state index >= 15 is 0 Å². The van der Waals surface area contributed by atoms with Crippen LogP contribution in [0.3, 0.4) is 0 Å². The summed E-state index contributed by atoms with van der Waals surface area (Å²) in [5.74, 6) is 0.794. The number of aromatic nitrogens is 4. The Balaban J connectivity index is 2.19. The quantitative estimate of drug-likeness (QED) is 0.644. The Morgan fingerprint density at radius 1 is 1.12 bits per heavy atom. The summed E-state index contributed by atoms with van der Waals surface area (Å²) in [6, 6.07) is 3.43. The van der Waals surface area contributed by atoms with Crippen molar-refractivity contribution in [3.8, 4) is 17.1 Å². The first-order valence-corrected chi connectivity index (χ1v) is 4.77. The van der Waals surface area contributed by atoms with E-state index in [0.29, 0.717) is 5.82 Å². The molecule has 0 spiro atoms. The summed E-state index contributed by atoms with van der Waals surface area (Å²) in [5.41, 5.74) is 2.45. The second-order valence-corrected chi connectivity index (χ2v) is 3.41. The van der Waals surface area contributed by atoms with Gasteiger partial charge >= 0.3 is 0 Å². The number of rotatable bonds is 1. The van der Waals surface area contributed by atoms with Crippen LogP contribution in [0.2, 0.25) is 0 Å². The molecule has 3 aromatic heterocycles. The molecule has 0 aliphatic heterocycles. The van der Waals surface area contributed by atoms with Crippen molar-refractivity contribution in [2.45, 2.75) is 0 Å². The van der Waals surface area contributed by atoms with Crippen molar-refractivity contribution in [1.29, 1.82) is 0 Å². The number of fused-ring (bicyclic) bond motifs is 1. The summed E-state index contributed by atoms with van der Waals surface area (Å²) in [5, 5.41) is 9.33. The first-order chi connectivity index (χ1) is 7.83. The fraction of sp³-hybridized carbons (Fsp3) is 0. The second-order valence-electron chi connectivity index (χ2n) is 3.41. The molecule has 0 aliphatic rings. The molecule has 0 amide bonds. The highest BCUT2D eigenvalue weighted by Gasteiger charge is 2.05. The average Bonchev–Trinajstić information content (AvgIpc) is 2.72. The van der Waals surface area contributed by atoms with Gasteiger partial charge in [0.2, 0.25) is 0 Å². The lowest BCUT2D eigenvalue weighted by Gasteiger charge is -1.95. The Morgan fingerprint density at radius 2 is 2.06 bits per heavy atom. The molecular weight excluding hydrogens is 204 g/mol. The largest absolute Gasteiger partial charge is 0.506 e. The predicted octanol–water partition coefficient (Wildman–Crippen LogP) is 1.73. The molecule has 5 nitrogen and oxygen atoms in total. The maximum absolute atomic E-state index is 9.33. The Labute approximate surface area is 90.8 Å². The third kappa shape index (κ3) is 1.38. The van der Waals surface area contributed by atoms with Crippen LogP contribution in [-0.2, 0) is 0 Å². The zero-order valence-corrected chi connectivity index (χ0v) is 8.25. The van der Waals surface area contributed by atoms with Gasteiger partial charge in [-0.15, -0.1) is 0 Å². The molecule has 16 heavy (non-hydrogen) atoms. The lowest BCUT2D eigenvalue weighted by molar-refractivity contribution is 0.473. The molecule has 0 radical (unpaired) electrons. The molecule has 3 rings (SSSR count). The highest BCUT2D eigenvalue weighted by molar-refractivity contribution is 5.78. The summed E-state index contributed by atoms with van der Waals surface area (Å²) in [6.07, 6.45) is 6.42. The summed E-state index contributed by atoms with van der Waals surface area (Å²) in [7, 11) is 0. The Kier molecular flexibility index (Phi) is 1.83. The molecule has 0 saturated carbocycles. The zero-order valence-electron chi connectivity index (χ0n) is 8.25. The lowest BCUT2D eigenvalue weighted by atomic mass is 10.2. The van der Waals surface area contributed by atoms with Gasteiger partial charge in [0.1, 0.15) is 11.6 Å². The van der Waals surface area contributed by atoms with Gasteiger partial charge in [-0.3, -0.25) is 9.97 Å². The van der Waals surface area contributed by atoms with E-state index in [4.69, 9.17) is 0 Å². The highest BCUT2D eigenvalue weighted by Crippen LogP contribution is 2.21. The van der Waals surface area contributed by atoms with Crippen LogP contribution in [0.15, 0.2) is 36.9 Å². The molecule has 2 N–H and O–H groups in total. The van der Waals surface area contributed by atoms with Gasteiger partial charge in [-0.25, -0.2) is 4.98 Å². The second kappa shape index (κ2) is 3.30. The van der Waals surface area contributed by atoms with E-state index in [1.165, 1.54) is 6.20 Å². The fourth-order valence-electron chi connectivity index (χ4n) is 1.55. The van der Waals surface area contributed by atoms with Crippen molar-refractivity contribution in [2.24, 2.45) is 0 Å². The molecule has 0 saturated heterocycles. The number of H-pyrrole nitrogens is 1. The monoisotopic (exact) mass is 212 g/mol. The average molecular weight is 212 g/mol.